The van der Waals surface area contributed by atoms with E-state index in [-0.39, 0.29) is 41.7 Å². The Morgan fingerprint density at radius 3 is 2.61 bits per heavy atom. The van der Waals surface area contributed by atoms with E-state index >= 15 is 0 Å². The summed E-state index contributed by atoms with van der Waals surface area (Å²) in [5.74, 6) is 0.348. The zero-order chi connectivity index (χ0) is 24.4. The van der Waals surface area contributed by atoms with Crippen molar-refractivity contribution in [2.24, 2.45) is 0 Å². The third-order valence-electron chi connectivity index (χ3n) is 6.56. The van der Waals surface area contributed by atoms with Crippen LogP contribution in [0, 0.1) is 0 Å². The Morgan fingerprint density at radius 1 is 0.861 bits per heavy atom. The molecule has 0 spiro atoms. The van der Waals surface area contributed by atoms with Crippen molar-refractivity contribution >= 4 is 28.8 Å². The highest BCUT2D eigenvalue weighted by atomic mass is 16.7. The van der Waals surface area contributed by atoms with Crippen molar-refractivity contribution in [2.75, 3.05) is 6.79 Å². The number of allylic oxidation sites excluding steroid dienone is 1. The summed E-state index contributed by atoms with van der Waals surface area (Å²) in [6.07, 6.45) is 2.90. The van der Waals surface area contributed by atoms with Crippen LogP contribution in [0.3, 0.4) is 0 Å². The number of esters is 1. The van der Waals surface area contributed by atoms with Gasteiger partial charge in [0, 0.05) is 17.0 Å². The highest BCUT2D eigenvalue weighted by molar-refractivity contribution is 6.15. The molecule has 0 amide bonds. The zero-order valence-corrected chi connectivity index (χ0v) is 18.6. The summed E-state index contributed by atoms with van der Waals surface area (Å²) in [6.45, 7) is 0.144. The summed E-state index contributed by atoms with van der Waals surface area (Å²) in [6, 6.07) is 15.3. The van der Waals surface area contributed by atoms with E-state index < -0.39 is 11.9 Å². The average molecular weight is 480 g/mol. The topological polar surface area (TPSA) is 101 Å². The number of fused-ring (bicyclic) bond motifs is 5. The highest BCUT2D eigenvalue weighted by Crippen LogP contribution is 2.48. The van der Waals surface area contributed by atoms with Gasteiger partial charge in [0.15, 0.2) is 22.7 Å². The standard InChI is InChI=1S/C28H16O8/c29-24-11-17(18-12-32-19-4-2-1-3-15(19)26(18)30)25-21(35-24)8-6-16-27(31)23(36-28(16)25)10-14-5-7-20-22(9-14)34-13-33-20/h1-10,12,17H,11,13H2/b23-10+. The third-order valence-corrected chi connectivity index (χ3v) is 6.56. The quantitative estimate of drug-likeness (QED) is 0.234. The molecule has 3 aliphatic heterocycles. The third kappa shape index (κ3) is 3.04. The van der Waals surface area contributed by atoms with Crippen molar-refractivity contribution in [2.45, 2.75) is 12.3 Å². The molecule has 4 aromatic rings. The first-order chi connectivity index (χ1) is 17.6. The molecule has 4 heterocycles. The second kappa shape index (κ2) is 7.58. The lowest BCUT2D eigenvalue weighted by molar-refractivity contribution is -0.135. The van der Waals surface area contributed by atoms with Crippen molar-refractivity contribution in [3.63, 3.8) is 0 Å². The van der Waals surface area contributed by atoms with Crippen molar-refractivity contribution < 1.29 is 33.0 Å². The number of Topliss-reactive ketones (excluding diaryl/α,β-unsaturated/α-hetero) is 1. The molecular formula is C28H16O8. The molecule has 36 heavy (non-hydrogen) atoms. The fraction of sp³-hybridized carbons (Fsp3) is 0.107. The molecule has 8 nitrogen and oxygen atoms in total. The van der Waals surface area contributed by atoms with E-state index in [4.69, 9.17) is 23.4 Å². The number of hydrogen-bond donors (Lipinski definition) is 0. The Bertz CT molecular complexity index is 1710. The molecule has 8 heteroatoms. The first-order valence-corrected chi connectivity index (χ1v) is 11.3. The van der Waals surface area contributed by atoms with Crippen molar-refractivity contribution in [3.05, 3.63) is 99.1 Å². The number of carbonyl (C=O) groups is 2. The molecule has 1 aromatic heterocycles. The van der Waals surface area contributed by atoms with E-state index in [0.717, 1.165) is 0 Å². The second-order valence-corrected chi connectivity index (χ2v) is 8.65. The van der Waals surface area contributed by atoms with Gasteiger partial charge in [-0.3, -0.25) is 14.4 Å². The lowest BCUT2D eigenvalue weighted by atomic mass is 9.85. The number of carbonyl (C=O) groups excluding carboxylic acids is 2. The van der Waals surface area contributed by atoms with Crippen LogP contribution in [0.25, 0.3) is 17.0 Å². The summed E-state index contributed by atoms with van der Waals surface area (Å²) in [4.78, 5) is 39.0. The maximum absolute atomic E-state index is 13.4. The largest absolute Gasteiger partial charge is 0.464 e. The fourth-order valence-electron chi connectivity index (χ4n) is 4.86. The number of benzene rings is 3. The van der Waals surface area contributed by atoms with Gasteiger partial charge >= 0.3 is 5.97 Å². The van der Waals surface area contributed by atoms with Crippen LogP contribution in [0.5, 0.6) is 23.0 Å². The Labute approximate surface area is 203 Å². The molecule has 3 aromatic carbocycles. The minimum atomic E-state index is -0.699. The van der Waals surface area contributed by atoms with Gasteiger partial charge in [0.05, 0.1) is 23.6 Å². The molecule has 7 rings (SSSR count). The van der Waals surface area contributed by atoms with Gasteiger partial charge in [-0.15, -0.1) is 0 Å². The zero-order valence-electron chi connectivity index (χ0n) is 18.6. The Balaban J connectivity index is 1.35. The van der Waals surface area contributed by atoms with E-state index in [1.165, 1.54) is 6.26 Å². The number of para-hydroxylation sites is 1. The van der Waals surface area contributed by atoms with Gasteiger partial charge in [0.2, 0.25) is 12.6 Å². The molecule has 0 radical (unpaired) electrons. The van der Waals surface area contributed by atoms with Crippen LogP contribution in [0.1, 0.15) is 39.4 Å². The second-order valence-electron chi connectivity index (χ2n) is 8.65. The van der Waals surface area contributed by atoms with E-state index in [1.807, 2.05) is 0 Å². The van der Waals surface area contributed by atoms with Gasteiger partial charge in [-0.2, -0.15) is 0 Å². The summed E-state index contributed by atoms with van der Waals surface area (Å²) < 4.78 is 28.0. The van der Waals surface area contributed by atoms with E-state index in [0.29, 0.717) is 44.7 Å². The first-order valence-electron chi connectivity index (χ1n) is 11.3. The molecule has 0 fully saturated rings. The van der Waals surface area contributed by atoms with Crippen LogP contribution >= 0.6 is 0 Å². The van der Waals surface area contributed by atoms with Crippen LogP contribution < -0.4 is 24.4 Å². The van der Waals surface area contributed by atoms with Crippen LogP contribution in [0.15, 0.2) is 75.8 Å². The predicted molar refractivity (Wildman–Crippen MR) is 127 cm³/mol. The van der Waals surface area contributed by atoms with E-state index in [9.17, 15) is 14.4 Å². The molecule has 0 saturated heterocycles. The summed E-state index contributed by atoms with van der Waals surface area (Å²) in [5, 5.41) is 0.406. The number of ether oxygens (including phenoxy) is 4. The monoisotopic (exact) mass is 480 g/mol. The molecule has 0 bridgehead atoms. The van der Waals surface area contributed by atoms with Crippen LogP contribution in [-0.4, -0.2) is 18.5 Å². The molecule has 1 atom stereocenters. The van der Waals surface area contributed by atoms with Gasteiger partial charge in [0.25, 0.3) is 0 Å². The number of rotatable bonds is 2. The normalized spacial score (nSPS) is 18.7. The van der Waals surface area contributed by atoms with Crippen molar-refractivity contribution in [1.82, 2.24) is 0 Å². The molecule has 176 valence electrons. The van der Waals surface area contributed by atoms with Gasteiger partial charge in [-0.25, -0.2) is 0 Å². The highest BCUT2D eigenvalue weighted by Gasteiger charge is 2.39. The van der Waals surface area contributed by atoms with Gasteiger partial charge in [0.1, 0.15) is 17.1 Å². The lowest BCUT2D eigenvalue weighted by Gasteiger charge is -2.25. The molecule has 1 unspecified atom stereocenters. The predicted octanol–water partition coefficient (Wildman–Crippen LogP) is 4.58. The van der Waals surface area contributed by atoms with Crippen LogP contribution in [0.4, 0.5) is 0 Å². The Hall–Kier alpha value is -4.85. The van der Waals surface area contributed by atoms with Gasteiger partial charge in [-0.1, -0.05) is 18.2 Å². The first kappa shape index (κ1) is 20.5. The number of hydrogen-bond acceptors (Lipinski definition) is 8. The average Bonchev–Trinajstić information content (AvgIpc) is 3.48. The minimum Gasteiger partial charge on any atom is -0.464 e. The summed E-state index contributed by atoms with van der Waals surface area (Å²) in [7, 11) is 0. The summed E-state index contributed by atoms with van der Waals surface area (Å²) >= 11 is 0. The summed E-state index contributed by atoms with van der Waals surface area (Å²) in [5.41, 5.74) is 1.99. The molecular weight excluding hydrogens is 464 g/mol. The van der Waals surface area contributed by atoms with Gasteiger partial charge < -0.3 is 23.4 Å². The van der Waals surface area contributed by atoms with Crippen molar-refractivity contribution in [3.8, 4) is 23.0 Å². The Kier molecular flexibility index (Phi) is 4.32. The molecule has 0 saturated carbocycles. The minimum absolute atomic E-state index is 0.0920. The fourth-order valence-corrected chi connectivity index (χ4v) is 4.86. The van der Waals surface area contributed by atoms with Crippen molar-refractivity contribution in [1.29, 1.82) is 0 Å². The maximum Gasteiger partial charge on any atom is 0.312 e. The van der Waals surface area contributed by atoms with Crippen LogP contribution in [0.2, 0.25) is 0 Å². The van der Waals surface area contributed by atoms with Gasteiger partial charge in [-0.05, 0) is 48.0 Å². The van der Waals surface area contributed by atoms with E-state index in [2.05, 4.69) is 0 Å². The molecule has 0 N–H and O–H groups in total. The maximum atomic E-state index is 13.4. The molecule has 0 aliphatic carbocycles. The smallest absolute Gasteiger partial charge is 0.312 e. The number of ketones is 1. The van der Waals surface area contributed by atoms with E-state index in [1.54, 1.807) is 60.7 Å². The SMILES string of the molecule is O=C1CC(c2coc3ccccc3c2=O)c2c(ccc3c2O/C(=C/c2ccc4c(c2)OCO4)C3=O)O1. The molecule has 3 aliphatic rings. The lowest BCUT2D eigenvalue weighted by Crippen LogP contribution is -2.25. The van der Waals surface area contributed by atoms with Crippen LogP contribution in [-0.2, 0) is 4.79 Å². The Morgan fingerprint density at radius 2 is 1.69 bits per heavy atom.